The van der Waals surface area contributed by atoms with Gasteiger partial charge in [-0.25, -0.2) is 5.01 Å². The molecule has 0 aromatic heterocycles. The van der Waals surface area contributed by atoms with E-state index in [1.165, 1.54) is 12.8 Å². The number of allylic oxidation sites excluding steroid dienone is 2. The minimum Gasteiger partial charge on any atom is -0.307 e. The Bertz CT molecular complexity index is 204. The Labute approximate surface area is 73.1 Å². The van der Waals surface area contributed by atoms with Crippen molar-refractivity contribution in [1.29, 1.82) is 0 Å². The van der Waals surface area contributed by atoms with Gasteiger partial charge in [0, 0.05) is 19.3 Å². The largest absolute Gasteiger partial charge is 0.307 e. The molecule has 2 aliphatic heterocycles. The summed E-state index contributed by atoms with van der Waals surface area (Å²) in [6.45, 7) is 2.29. The average molecular weight is 165 g/mol. The van der Waals surface area contributed by atoms with E-state index >= 15 is 0 Å². The topological polar surface area (TPSA) is 32.5 Å². The van der Waals surface area contributed by atoms with E-state index in [0.717, 1.165) is 13.1 Å². The van der Waals surface area contributed by atoms with Crippen LogP contribution in [0.25, 0.3) is 0 Å². The molecular weight excluding hydrogens is 150 g/mol. The van der Waals surface area contributed by atoms with Crippen LogP contribution in [0, 0.1) is 0 Å². The van der Waals surface area contributed by atoms with Gasteiger partial charge in [-0.2, -0.15) is 0 Å². The van der Waals surface area contributed by atoms with Gasteiger partial charge >= 0.3 is 0 Å². The molecule has 3 nitrogen and oxygen atoms in total. The molecule has 1 atom stereocenters. The Morgan fingerprint density at radius 1 is 1.17 bits per heavy atom. The average Bonchev–Trinajstić information content (AvgIpc) is 2.57. The van der Waals surface area contributed by atoms with Gasteiger partial charge in [-0.1, -0.05) is 6.08 Å². The van der Waals surface area contributed by atoms with Gasteiger partial charge < -0.3 is 5.73 Å². The molecule has 3 heteroatoms. The van der Waals surface area contributed by atoms with Crippen LogP contribution in [0.3, 0.4) is 0 Å². The van der Waals surface area contributed by atoms with Crippen molar-refractivity contribution in [3.05, 3.63) is 24.4 Å². The van der Waals surface area contributed by atoms with E-state index in [1.807, 2.05) is 18.2 Å². The summed E-state index contributed by atoms with van der Waals surface area (Å²) in [5.41, 5.74) is 5.90. The minimum atomic E-state index is 0.0353. The quantitative estimate of drug-likeness (QED) is 0.619. The summed E-state index contributed by atoms with van der Waals surface area (Å²) < 4.78 is 0. The van der Waals surface area contributed by atoms with Crippen molar-refractivity contribution in [2.45, 2.75) is 19.0 Å². The van der Waals surface area contributed by atoms with Crippen molar-refractivity contribution in [2.75, 3.05) is 13.1 Å². The Hall–Kier alpha value is -0.800. The lowest BCUT2D eigenvalue weighted by molar-refractivity contribution is 0.0238. The Morgan fingerprint density at radius 3 is 2.58 bits per heavy atom. The van der Waals surface area contributed by atoms with Crippen molar-refractivity contribution < 1.29 is 0 Å². The zero-order valence-corrected chi connectivity index (χ0v) is 7.19. The summed E-state index contributed by atoms with van der Waals surface area (Å²) in [5, 5.41) is 4.43. The first-order valence-electron chi connectivity index (χ1n) is 4.52. The first-order valence-corrected chi connectivity index (χ1v) is 4.52. The van der Waals surface area contributed by atoms with Crippen molar-refractivity contribution in [3.8, 4) is 0 Å². The summed E-state index contributed by atoms with van der Waals surface area (Å²) in [7, 11) is 0. The highest BCUT2D eigenvalue weighted by Gasteiger charge is 2.20. The number of hydrogen-bond acceptors (Lipinski definition) is 3. The monoisotopic (exact) mass is 165 g/mol. The Kier molecular flexibility index (Phi) is 2.15. The van der Waals surface area contributed by atoms with Gasteiger partial charge in [-0.3, -0.25) is 5.01 Å². The first-order chi connectivity index (χ1) is 5.88. The van der Waals surface area contributed by atoms with Crippen LogP contribution >= 0.6 is 0 Å². The molecule has 0 spiro atoms. The number of rotatable bonds is 1. The smallest absolute Gasteiger partial charge is 0.111 e. The molecule has 66 valence electrons. The van der Waals surface area contributed by atoms with Crippen LogP contribution in [-0.2, 0) is 0 Å². The summed E-state index contributed by atoms with van der Waals surface area (Å²) in [5.74, 6) is 0. The van der Waals surface area contributed by atoms with Gasteiger partial charge in [0.1, 0.15) is 6.17 Å². The third-order valence-corrected chi connectivity index (χ3v) is 2.37. The molecule has 0 amide bonds. The number of hydrazine groups is 1. The van der Waals surface area contributed by atoms with E-state index in [1.54, 1.807) is 0 Å². The minimum absolute atomic E-state index is 0.0353. The molecule has 0 saturated carbocycles. The van der Waals surface area contributed by atoms with Crippen LogP contribution in [0.1, 0.15) is 12.8 Å². The second-order valence-electron chi connectivity index (χ2n) is 3.26. The standard InChI is InChI=1S/C9H15N3/c10-9-5-1-2-8-12(9)11-6-3-4-7-11/h1-2,5,8-9H,3-4,6-7,10H2. The fourth-order valence-electron chi connectivity index (χ4n) is 1.72. The molecule has 0 aromatic rings. The third kappa shape index (κ3) is 1.38. The summed E-state index contributed by atoms with van der Waals surface area (Å²) in [6.07, 6.45) is 10.7. The van der Waals surface area contributed by atoms with Crippen LogP contribution in [0.5, 0.6) is 0 Å². The maximum Gasteiger partial charge on any atom is 0.111 e. The van der Waals surface area contributed by atoms with Crippen molar-refractivity contribution >= 4 is 0 Å². The molecule has 0 radical (unpaired) electrons. The fourth-order valence-corrected chi connectivity index (χ4v) is 1.72. The second-order valence-corrected chi connectivity index (χ2v) is 3.26. The van der Waals surface area contributed by atoms with Crippen LogP contribution in [0.2, 0.25) is 0 Å². The van der Waals surface area contributed by atoms with Crippen LogP contribution in [0.15, 0.2) is 24.4 Å². The lowest BCUT2D eigenvalue weighted by Crippen LogP contribution is -2.48. The third-order valence-electron chi connectivity index (χ3n) is 2.37. The molecule has 1 saturated heterocycles. The van der Waals surface area contributed by atoms with Crippen molar-refractivity contribution in [3.63, 3.8) is 0 Å². The van der Waals surface area contributed by atoms with E-state index in [0.29, 0.717) is 0 Å². The highest BCUT2D eigenvalue weighted by Crippen LogP contribution is 2.15. The maximum atomic E-state index is 5.90. The second kappa shape index (κ2) is 3.29. The molecular formula is C9H15N3. The number of nitrogens with zero attached hydrogens (tertiary/aromatic N) is 2. The van der Waals surface area contributed by atoms with Gasteiger partial charge in [0.2, 0.25) is 0 Å². The lowest BCUT2D eigenvalue weighted by Gasteiger charge is -2.35. The molecule has 2 rings (SSSR count). The van der Waals surface area contributed by atoms with E-state index in [9.17, 15) is 0 Å². The summed E-state index contributed by atoms with van der Waals surface area (Å²) >= 11 is 0. The number of hydrogen-bond donors (Lipinski definition) is 1. The molecule has 1 fully saturated rings. The van der Waals surface area contributed by atoms with Crippen LogP contribution < -0.4 is 5.73 Å². The molecule has 0 aliphatic carbocycles. The zero-order valence-electron chi connectivity index (χ0n) is 7.19. The first kappa shape index (κ1) is 7.83. The molecule has 1 unspecified atom stereocenters. The van der Waals surface area contributed by atoms with E-state index in [-0.39, 0.29) is 6.17 Å². The highest BCUT2D eigenvalue weighted by atomic mass is 15.6. The van der Waals surface area contributed by atoms with Gasteiger partial charge in [0.15, 0.2) is 0 Å². The van der Waals surface area contributed by atoms with Gasteiger partial charge in [-0.15, -0.1) is 0 Å². The van der Waals surface area contributed by atoms with Gasteiger partial charge in [0.25, 0.3) is 0 Å². The van der Waals surface area contributed by atoms with Crippen molar-refractivity contribution in [1.82, 2.24) is 10.0 Å². The summed E-state index contributed by atoms with van der Waals surface area (Å²) in [4.78, 5) is 0. The van der Waals surface area contributed by atoms with E-state index in [2.05, 4.69) is 16.2 Å². The van der Waals surface area contributed by atoms with E-state index < -0.39 is 0 Å². The fraction of sp³-hybridized carbons (Fsp3) is 0.556. The van der Waals surface area contributed by atoms with Gasteiger partial charge in [-0.05, 0) is 25.0 Å². The Balaban J connectivity index is 2.02. The van der Waals surface area contributed by atoms with E-state index in [4.69, 9.17) is 5.73 Å². The normalized spacial score (nSPS) is 30.1. The van der Waals surface area contributed by atoms with Gasteiger partial charge in [0.05, 0.1) is 0 Å². The molecule has 12 heavy (non-hydrogen) atoms. The molecule has 2 aliphatic rings. The lowest BCUT2D eigenvalue weighted by atomic mass is 10.3. The molecule has 2 heterocycles. The number of nitrogens with two attached hydrogens (primary N) is 1. The predicted molar refractivity (Wildman–Crippen MR) is 48.9 cm³/mol. The predicted octanol–water partition coefficient (Wildman–Crippen LogP) is 0.667. The highest BCUT2D eigenvalue weighted by molar-refractivity contribution is 5.11. The van der Waals surface area contributed by atoms with Crippen LogP contribution in [0.4, 0.5) is 0 Å². The Morgan fingerprint density at radius 2 is 1.92 bits per heavy atom. The summed E-state index contributed by atoms with van der Waals surface area (Å²) in [6, 6.07) is 0. The maximum absolute atomic E-state index is 5.90. The molecule has 0 bridgehead atoms. The SMILES string of the molecule is NC1C=CC=CN1N1CCCC1. The zero-order chi connectivity index (χ0) is 8.39. The molecule has 2 N–H and O–H groups in total. The van der Waals surface area contributed by atoms with Crippen molar-refractivity contribution in [2.24, 2.45) is 5.73 Å². The van der Waals surface area contributed by atoms with Crippen LogP contribution in [-0.4, -0.2) is 29.3 Å². The molecule has 0 aromatic carbocycles.